The summed E-state index contributed by atoms with van der Waals surface area (Å²) in [4.78, 5) is 17.5. The van der Waals surface area contributed by atoms with Crippen LogP contribution in [0.15, 0.2) is 24.5 Å². The van der Waals surface area contributed by atoms with Gasteiger partial charge < -0.3 is 9.78 Å². The maximum Gasteiger partial charge on any atom is 0.120 e. The quantitative estimate of drug-likeness (QED) is 0.720. The molecule has 0 unspecified atom stereocenters. The molecule has 2 aromatic rings. The third-order valence-electron chi connectivity index (χ3n) is 2.06. The number of aromatic nitrogens is 2. The molecule has 1 aromatic heterocycles. The van der Waals surface area contributed by atoms with Gasteiger partial charge in [-0.3, -0.25) is 0 Å². The third kappa shape index (κ3) is 1.45. The molecule has 66 valence electrons. The molecule has 1 aromatic carbocycles. The van der Waals surface area contributed by atoms with E-state index in [0.717, 1.165) is 29.3 Å². The lowest BCUT2D eigenvalue weighted by atomic mass is 10.1. The number of carbonyl (C=O) groups excluding carboxylic acids is 1. The van der Waals surface area contributed by atoms with Gasteiger partial charge in [0.25, 0.3) is 0 Å². The molecule has 0 amide bonds. The zero-order chi connectivity index (χ0) is 9.10. The Morgan fingerprint density at radius 3 is 3.23 bits per heavy atom. The van der Waals surface area contributed by atoms with E-state index in [2.05, 4.69) is 9.97 Å². The molecule has 0 saturated carbocycles. The van der Waals surface area contributed by atoms with Gasteiger partial charge in [0.2, 0.25) is 0 Å². The molecule has 0 saturated heterocycles. The number of aldehydes is 1. The summed E-state index contributed by atoms with van der Waals surface area (Å²) in [5.41, 5.74) is 3.14. The average Bonchev–Trinajstić information content (AvgIpc) is 2.62. The van der Waals surface area contributed by atoms with Crippen molar-refractivity contribution in [2.75, 3.05) is 0 Å². The van der Waals surface area contributed by atoms with Crippen LogP contribution in [0.1, 0.15) is 12.0 Å². The van der Waals surface area contributed by atoms with Crippen molar-refractivity contribution in [2.24, 2.45) is 0 Å². The number of hydrogen-bond donors (Lipinski definition) is 1. The summed E-state index contributed by atoms with van der Waals surface area (Å²) < 4.78 is 0. The Morgan fingerprint density at radius 2 is 2.38 bits per heavy atom. The van der Waals surface area contributed by atoms with Crippen molar-refractivity contribution < 1.29 is 4.79 Å². The molecular weight excluding hydrogens is 164 g/mol. The van der Waals surface area contributed by atoms with E-state index in [-0.39, 0.29) is 0 Å². The minimum atomic E-state index is 0.561. The second-order valence-electron chi connectivity index (χ2n) is 2.92. The second kappa shape index (κ2) is 3.39. The average molecular weight is 174 g/mol. The van der Waals surface area contributed by atoms with Crippen molar-refractivity contribution >= 4 is 17.3 Å². The molecule has 0 aliphatic carbocycles. The number of benzene rings is 1. The zero-order valence-electron chi connectivity index (χ0n) is 7.16. The van der Waals surface area contributed by atoms with E-state index >= 15 is 0 Å². The number of para-hydroxylation sites is 1. The van der Waals surface area contributed by atoms with Crippen LogP contribution >= 0.6 is 0 Å². The lowest BCUT2D eigenvalue weighted by molar-refractivity contribution is -0.107. The topological polar surface area (TPSA) is 45.8 Å². The minimum absolute atomic E-state index is 0.561. The minimum Gasteiger partial charge on any atom is -0.345 e. The molecule has 1 N–H and O–H groups in total. The molecule has 0 aliphatic heterocycles. The van der Waals surface area contributed by atoms with Gasteiger partial charge in [0.15, 0.2) is 0 Å². The lowest BCUT2D eigenvalue weighted by Gasteiger charge is -1.97. The highest BCUT2D eigenvalue weighted by Gasteiger charge is 2.01. The van der Waals surface area contributed by atoms with Crippen LogP contribution in [-0.2, 0) is 11.2 Å². The fraction of sp³-hybridized carbons (Fsp3) is 0.200. The summed E-state index contributed by atoms with van der Waals surface area (Å²) in [6.07, 6.45) is 3.94. The Bertz CT molecular complexity index is 420. The first-order valence-electron chi connectivity index (χ1n) is 4.26. The molecule has 0 atom stereocenters. The van der Waals surface area contributed by atoms with Crippen molar-refractivity contribution in [3.8, 4) is 0 Å². The highest BCUT2D eigenvalue weighted by molar-refractivity contribution is 5.78. The first kappa shape index (κ1) is 7.98. The summed E-state index contributed by atoms with van der Waals surface area (Å²) in [5, 5.41) is 0. The van der Waals surface area contributed by atoms with Crippen LogP contribution in [0.25, 0.3) is 11.0 Å². The lowest BCUT2D eigenvalue weighted by Crippen LogP contribution is -1.87. The number of nitrogens with one attached hydrogen (secondary N) is 1. The zero-order valence-corrected chi connectivity index (χ0v) is 7.16. The molecular formula is C10H10N2O. The predicted octanol–water partition coefficient (Wildman–Crippen LogP) is 1.69. The number of imidazole rings is 1. The SMILES string of the molecule is O=CCCc1cccc2[nH]cnc12. The van der Waals surface area contributed by atoms with Crippen molar-refractivity contribution in [3.05, 3.63) is 30.1 Å². The molecule has 0 fully saturated rings. The number of aryl methyl sites for hydroxylation is 1. The molecule has 0 spiro atoms. The Balaban J connectivity index is 2.42. The standard InChI is InChI=1S/C10H10N2O/c13-6-2-4-8-3-1-5-9-10(8)12-7-11-9/h1,3,5-7H,2,4H2,(H,11,12). The number of hydrogen-bond acceptors (Lipinski definition) is 2. The number of H-pyrrole nitrogens is 1. The van der Waals surface area contributed by atoms with Gasteiger partial charge in [-0.25, -0.2) is 4.98 Å². The monoisotopic (exact) mass is 174 g/mol. The van der Waals surface area contributed by atoms with Crippen LogP contribution in [0, 0.1) is 0 Å². The largest absolute Gasteiger partial charge is 0.345 e. The number of fused-ring (bicyclic) bond motifs is 1. The second-order valence-corrected chi connectivity index (χ2v) is 2.92. The van der Waals surface area contributed by atoms with Crippen LogP contribution in [0.2, 0.25) is 0 Å². The maximum absolute atomic E-state index is 10.2. The van der Waals surface area contributed by atoms with Crippen molar-refractivity contribution in [3.63, 3.8) is 0 Å². The predicted molar refractivity (Wildman–Crippen MR) is 50.5 cm³/mol. The van der Waals surface area contributed by atoms with Crippen molar-refractivity contribution in [1.82, 2.24) is 9.97 Å². The van der Waals surface area contributed by atoms with E-state index in [4.69, 9.17) is 0 Å². The molecule has 3 nitrogen and oxygen atoms in total. The first-order valence-corrected chi connectivity index (χ1v) is 4.26. The number of carbonyl (C=O) groups is 1. The van der Waals surface area contributed by atoms with Gasteiger partial charge in [0.1, 0.15) is 6.29 Å². The molecule has 1 heterocycles. The van der Waals surface area contributed by atoms with E-state index in [1.807, 2.05) is 18.2 Å². The van der Waals surface area contributed by atoms with Crippen LogP contribution in [-0.4, -0.2) is 16.3 Å². The van der Waals surface area contributed by atoms with E-state index in [0.29, 0.717) is 6.42 Å². The van der Waals surface area contributed by atoms with Crippen molar-refractivity contribution in [1.29, 1.82) is 0 Å². The van der Waals surface area contributed by atoms with Gasteiger partial charge in [-0.15, -0.1) is 0 Å². The fourth-order valence-electron chi connectivity index (χ4n) is 1.44. The number of rotatable bonds is 3. The van der Waals surface area contributed by atoms with Crippen molar-refractivity contribution in [2.45, 2.75) is 12.8 Å². The Kier molecular flexibility index (Phi) is 2.08. The Labute approximate surface area is 75.8 Å². The normalized spacial score (nSPS) is 10.5. The van der Waals surface area contributed by atoms with Gasteiger partial charge in [-0.05, 0) is 18.1 Å². The fourth-order valence-corrected chi connectivity index (χ4v) is 1.44. The van der Waals surface area contributed by atoms with Crippen LogP contribution in [0.5, 0.6) is 0 Å². The highest BCUT2D eigenvalue weighted by Crippen LogP contribution is 2.15. The van der Waals surface area contributed by atoms with Gasteiger partial charge in [0, 0.05) is 6.42 Å². The molecule has 0 radical (unpaired) electrons. The van der Waals surface area contributed by atoms with E-state index in [1.165, 1.54) is 0 Å². The summed E-state index contributed by atoms with van der Waals surface area (Å²) in [6, 6.07) is 5.96. The van der Waals surface area contributed by atoms with Gasteiger partial charge in [-0.2, -0.15) is 0 Å². The molecule has 0 aliphatic rings. The Morgan fingerprint density at radius 1 is 1.46 bits per heavy atom. The van der Waals surface area contributed by atoms with Crippen LogP contribution in [0.4, 0.5) is 0 Å². The number of nitrogens with zero attached hydrogens (tertiary/aromatic N) is 1. The van der Waals surface area contributed by atoms with E-state index in [1.54, 1.807) is 6.33 Å². The van der Waals surface area contributed by atoms with Gasteiger partial charge >= 0.3 is 0 Å². The smallest absolute Gasteiger partial charge is 0.120 e. The van der Waals surface area contributed by atoms with Gasteiger partial charge in [-0.1, -0.05) is 12.1 Å². The Hall–Kier alpha value is -1.64. The van der Waals surface area contributed by atoms with Crippen LogP contribution in [0.3, 0.4) is 0 Å². The summed E-state index contributed by atoms with van der Waals surface area (Å²) >= 11 is 0. The van der Waals surface area contributed by atoms with E-state index < -0.39 is 0 Å². The van der Waals surface area contributed by atoms with E-state index in [9.17, 15) is 4.79 Å². The van der Waals surface area contributed by atoms with Crippen LogP contribution < -0.4 is 0 Å². The maximum atomic E-state index is 10.2. The number of aromatic amines is 1. The molecule has 3 heteroatoms. The van der Waals surface area contributed by atoms with Gasteiger partial charge in [0.05, 0.1) is 17.4 Å². The molecule has 13 heavy (non-hydrogen) atoms. The summed E-state index contributed by atoms with van der Waals surface area (Å²) in [7, 11) is 0. The summed E-state index contributed by atoms with van der Waals surface area (Å²) in [6.45, 7) is 0. The first-order chi connectivity index (χ1) is 6.42. The summed E-state index contributed by atoms with van der Waals surface area (Å²) in [5.74, 6) is 0. The highest BCUT2D eigenvalue weighted by atomic mass is 16.1. The third-order valence-corrected chi connectivity index (χ3v) is 2.06. The molecule has 0 bridgehead atoms. The molecule has 2 rings (SSSR count).